The van der Waals surface area contributed by atoms with Crippen molar-refractivity contribution in [2.75, 3.05) is 13.2 Å². The van der Waals surface area contributed by atoms with E-state index in [1.54, 1.807) is 0 Å². The van der Waals surface area contributed by atoms with Crippen LogP contribution in [-0.4, -0.2) is 71.1 Å². The van der Waals surface area contributed by atoms with Crippen LogP contribution < -0.4 is 27.4 Å². The molecule has 12 heteroatoms. The SMILES string of the molecule is CC(N)C(=O)NCC(=O)NC(CCC(N)=O)C(=O)NC(CO)C(=O)O. The Balaban J connectivity index is 4.82. The van der Waals surface area contributed by atoms with Crippen molar-refractivity contribution in [3.63, 3.8) is 0 Å². The molecule has 0 spiro atoms. The van der Waals surface area contributed by atoms with Crippen molar-refractivity contribution in [3.8, 4) is 0 Å². The third-order valence-corrected chi connectivity index (χ3v) is 2.97. The van der Waals surface area contributed by atoms with Gasteiger partial charge in [0.1, 0.15) is 12.1 Å². The van der Waals surface area contributed by atoms with Crippen LogP contribution in [0.3, 0.4) is 0 Å². The number of rotatable bonds is 11. The number of carboxylic acids is 1. The van der Waals surface area contributed by atoms with Gasteiger partial charge in [0.15, 0.2) is 0 Å². The van der Waals surface area contributed by atoms with E-state index in [1.165, 1.54) is 6.92 Å². The first-order valence-corrected chi connectivity index (χ1v) is 7.33. The Morgan fingerprint density at radius 2 is 1.64 bits per heavy atom. The average molecular weight is 361 g/mol. The number of nitrogens with two attached hydrogens (primary N) is 2. The van der Waals surface area contributed by atoms with Gasteiger partial charge in [-0.15, -0.1) is 0 Å². The lowest BCUT2D eigenvalue weighted by molar-refractivity contribution is -0.143. The minimum atomic E-state index is -1.57. The summed E-state index contributed by atoms with van der Waals surface area (Å²) < 4.78 is 0. The molecule has 142 valence electrons. The van der Waals surface area contributed by atoms with E-state index in [0.29, 0.717) is 0 Å². The molecule has 0 aromatic heterocycles. The maximum Gasteiger partial charge on any atom is 0.328 e. The molecule has 0 aliphatic heterocycles. The molecular formula is C13H23N5O7. The molecule has 0 rings (SSSR count). The number of nitrogens with one attached hydrogen (secondary N) is 3. The highest BCUT2D eigenvalue weighted by Crippen LogP contribution is 1.99. The third kappa shape index (κ3) is 9.22. The topological polar surface area (TPSA) is 214 Å². The number of carboxylic acid groups (broad SMARTS) is 1. The zero-order valence-electron chi connectivity index (χ0n) is 13.7. The molecule has 3 unspecified atom stereocenters. The van der Waals surface area contributed by atoms with Crippen LogP contribution in [0.2, 0.25) is 0 Å². The maximum atomic E-state index is 12.1. The smallest absolute Gasteiger partial charge is 0.328 e. The van der Waals surface area contributed by atoms with Gasteiger partial charge < -0.3 is 37.6 Å². The van der Waals surface area contributed by atoms with Gasteiger partial charge in [0.2, 0.25) is 23.6 Å². The summed E-state index contributed by atoms with van der Waals surface area (Å²) >= 11 is 0. The fraction of sp³-hybridized carbons (Fsp3) is 0.615. The number of hydrogen-bond acceptors (Lipinski definition) is 7. The molecule has 0 aromatic carbocycles. The van der Waals surface area contributed by atoms with E-state index in [9.17, 15) is 24.0 Å². The zero-order valence-corrected chi connectivity index (χ0v) is 13.7. The molecule has 4 amide bonds. The first kappa shape index (κ1) is 22.3. The summed E-state index contributed by atoms with van der Waals surface area (Å²) in [5, 5.41) is 24.2. The van der Waals surface area contributed by atoms with Crippen molar-refractivity contribution in [3.05, 3.63) is 0 Å². The first-order chi connectivity index (χ1) is 11.6. The summed E-state index contributed by atoms with van der Waals surface area (Å²) in [6.45, 7) is 0.0857. The molecule has 25 heavy (non-hydrogen) atoms. The summed E-state index contributed by atoms with van der Waals surface area (Å²) in [5.74, 6) is -4.46. The molecule has 12 nitrogen and oxygen atoms in total. The van der Waals surface area contributed by atoms with Crippen LogP contribution in [-0.2, 0) is 24.0 Å². The molecule has 0 saturated heterocycles. The van der Waals surface area contributed by atoms with E-state index in [1.807, 2.05) is 5.32 Å². The van der Waals surface area contributed by atoms with E-state index in [2.05, 4.69) is 10.6 Å². The third-order valence-electron chi connectivity index (χ3n) is 2.97. The number of hydrogen-bond donors (Lipinski definition) is 7. The summed E-state index contributed by atoms with van der Waals surface area (Å²) in [6.07, 6.45) is -0.437. The molecule has 9 N–H and O–H groups in total. The lowest BCUT2D eigenvalue weighted by atomic mass is 10.1. The van der Waals surface area contributed by atoms with E-state index < -0.39 is 60.9 Å². The van der Waals surface area contributed by atoms with Gasteiger partial charge in [0, 0.05) is 6.42 Å². The lowest BCUT2D eigenvalue weighted by Gasteiger charge is -2.20. The molecule has 0 saturated carbocycles. The lowest BCUT2D eigenvalue weighted by Crippen LogP contribution is -2.54. The largest absolute Gasteiger partial charge is 0.480 e. The first-order valence-electron chi connectivity index (χ1n) is 7.33. The normalized spacial score (nSPS) is 13.9. The summed E-state index contributed by atoms with van der Waals surface area (Å²) in [7, 11) is 0. The van der Waals surface area contributed by atoms with Gasteiger partial charge in [0.25, 0.3) is 0 Å². The Bertz CT molecular complexity index is 523. The van der Waals surface area contributed by atoms with E-state index in [4.69, 9.17) is 21.7 Å². The molecule has 0 aliphatic carbocycles. The van der Waals surface area contributed by atoms with Gasteiger partial charge >= 0.3 is 5.97 Å². The van der Waals surface area contributed by atoms with Crippen molar-refractivity contribution in [2.45, 2.75) is 37.9 Å². The standard InChI is InChI=1S/C13H23N5O7/c1-6(14)11(22)16-4-10(21)17-7(2-3-9(15)20)12(23)18-8(5-19)13(24)25/h6-8,19H,2-5,14H2,1H3,(H2,15,20)(H,16,22)(H,17,21)(H,18,23)(H,24,25). The van der Waals surface area contributed by atoms with Crippen LogP contribution >= 0.6 is 0 Å². The van der Waals surface area contributed by atoms with Crippen LogP contribution in [0.5, 0.6) is 0 Å². The second-order valence-electron chi connectivity index (χ2n) is 5.21. The zero-order chi connectivity index (χ0) is 19.6. The van der Waals surface area contributed by atoms with Crippen LogP contribution in [0, 0.1) is 0 Å². The number of primary amides is 1. The summed E-state index contributed by atoms with van der Waals surface area (Å²) in [6, 6.07) is -3.68. The monoisotopic (exact) mass is 361 g/mol. The van der Waals surface area contributed by atoms with Crippen LogP contribution in [0.25, 0.3) is 0 Å². The van der Waals surface area contributed by atoms with Crippen LogP contribution in [0.4, 0.5) is 0 Å². The van der Waals surface area contributed by atoms with Gasteiger partial charge in [-0.05, 0) is 13.3 Å². The Hall–Kier alpha value is -2.73. The van der Waals surface area contributed by atoms with E-state index in [-0.39, 0.29) is 12.8 Å². The van der Waals surface area contributed by atoms with Crippen LogP contribution in [0.15, 0.2) is 0 Å². The fourth-order valence-corrected chi connectivity index (χ4v) is 1.59. The van der Waals surface area contributed by atoms with Crippen molar-refractivity contribution in [2.24, 2.45) is 11.5 Å². The Kier molecular flexibility index (Phi) is 9.74. The van der Waals surface area contributed by atoms with E-state index in [0.717, 1.165) is 0 Å². The second kappa shape index (κ2) is 10.9. The predicted molar refractivity (Wildman–Crippen MR) is 83.7 cm³/mol. The Morgan fingerprint density at radius 1 is 1.04 bits per heavy atom. The highest BCUT2D eigenvalue weighted by atomic mass is 16.4. The number of aliphatic hydroxyl groups excluding tert-OH is 1. The van der Waals surface area contributed by atoms with Crippen molar-refractivity contribution in [1.29, 1.82) is 0 Å². The number of aliphatic carboxylic acids is 1. The quantitative estimate of drug-likeness (QED) is 0.191. The highest BCUT2D eigenvalue weighted by molar-refractivity contribution is 5.92. The number of carbonyl (C=O) groups excluding carboxylic acids is 4. The van der Waals surface area contributed by atoms with Crippen molar-refractivity contribution >= 4 is 29.6 Å². The van der Waals surface area contributed by atoms with Gasteiger partial charge in [0.05, 0.1) is 19.2 Å². The molecule has 3 atom stereocenters. The highest BCUT2D eigenvalue weighted by Gasteiger charge is 2.26. The van der Waals surface area contributed by atoms with Gasteiger partial charge in [-0.2, -0.15) is 0 Å². The molecule has 0 bridgehead atoms. The summed E-state index contributed by atoms with van der Waals surface area (Å²) in [5.41, 5.74) is 10.3. The molecule has 0 fully saturated rings. The van der Waals surface area contributed by atoms with Gasteiger partial charge in [-0.25, -0.2) is 4.79 Å². The molecule has 0 heterocycles. The van der Waals surface area contributed by atoms with Crippen molar-refractivity contribution in [1.82, 2.24) is 16.0 Å². The number of aliphatic hydroxyl groups is 1. The van der Waals surface area contributed by atoms with Gasteiger partial charge in [-0.1, -0.05) is 0 Å². The second-order valence-corrected chi connectivity index (χ2v) is 5.21. The molecule has 0 aromatic rings. The summed E-state index contributed by atoms with van der Waals surface area (Å²) in [4.78, 5) is 56.8. The number of carbonyl (C=O) groups is 5. The Labute approximate surface area is 143 Å². The van der Waals surface area contributed by atoms with Crippen LogP contribution in [0.1, 0.15) is 19.8 Å². The van der Waals surface area contributed by atoms with Crippen molar-refractivity contribution < 1.29 is 34.2 Å². The van der Waals surface area contributed by atoms with E-state index >= 15 is 0 Å². The average Bonchev–Trinajstić information content (AvgIpc) is 2.52. The molecular weight excluding hydrogens is 338 g/mol. The minimum Gasteiger partial charge on any atom is -0.480 e. The maximum absolute atomic E-state index is 12.1. The molecule has 0 radical (unpaired) electrons. The Morgan fingerprint density at radius 3 is 2.08 bits per heavy atom. The molecule has 0 aliphatic rings. The minimum absolute atomic E-state index is 0.189. The fourth-order valence-electron chi connectivity index (χ4n) is 1.59. The number of amides is 4. The van der Waals surface area contributed by atoms with Gasteiger partial charge in [-0.3, -0.25) is 19.2 Å². The predicted octanol–water partition coefficient (Wildman–Crippen LogP) is -4.24.